The Labute approximate surface area is 153 Å². The molecule has 0 saturated carbocycles. The molecule has 0 bridgehead atoms. The van der Waals surface area contributed by atoms with Gasteiger partial charge in [-0.2, -0.15) is 4.98 Å². The number of nitrogens with zero attached hydrogens (tertiary/aromatic N) is 4. The van der Waals surface area contributed by atoms with Crippen molar-refractivity contribution in [2.75, 3.05) is 0 Å². The van der Waals surface area contributed by atoms with Crippen molar-refractivity contribution < 1.29 is 9.32 Å². The van der Waals surface area contributed by atoms with E-state index in [9.17, 15) is 4.79 Å². The molecule has 0 radical (unpaired) electrons. The number of aromatic nitrogens is 3. The van der Waals surface area contributed by atoms with E-state index in [0.717, 1.165) is 15.6 Å². The van der Waals surface area contributed by atoms with Crippen molar-refractivity contribution in [3.05, 3.63) is 64.7 Å². The van der Waals surface area contributed by atoms with E-state index in [2.05, 4.69) is 31.1 Å². The summed E-state index contributed by atoms with van der Waals surface area (Å²) in [5.41, 5.74) is 1.85. The smallest absolute Gasteiger partial charge is 0.249 e. The maximum atomic E-state index is 12.3. The topological polar surface area (TPSA) is 72.1 Å². The second kappa shape index (κ2) is 6.76. The largest absolute Gasteiger partial charge is 0.337 e. The van der Waals surface area contributed by atoms with E-state index in [1.807, 2.05) is 41.3 Å². The van der Waals surface area contributed by atoms with Crippen LogP contribution in [0.3, 0.4) is 0 Å². The molecule has 1 amide bonds. The van der Waals surface area contributed by atoms with Crippen LogP contribution in [0.1, 0.15) is 30.3 Å². The van der Waals surface area contributed by atoms with E-state index in [4.69, 9.17) is 4.52 Å². The first-order valence-electron chi connectivity index (χ1n) is 7.98. The van der Waals surface area contributed by atoms with Gasteiger partial charge in [0.25, 0.3) is 0 Å². The second-order valence-corrected chi connectivity index (χ2v) is 6.82. The Morgan fingerprint density at radius 1 is 1.28 bits per heavy atom. The summed E-state index contributed by atoms with van der Waals surface area (Å²) < 4.78 is 6.44. The molecule has 0 N–H and O–H groups in total. The van der Waals surface area contributed by atoms with Gasteiger partial charge in [-0.1, -0.05) is 33.2 Å². The first kappa shape index (κ1) is 16.0. The van der Waals surface area contributed by atoms with Crippen molar-refractivity contribution in [1.29, 1.82) is 0 Å². The Morgan fingerprint density at radius 3 is 3.00 bits per heavy atom. The van der Waals surface area contributed by atoms with Crippen LogP contribution in [0.4, 0.5) is 0 Å². The van der Waals surface area contributed by atoms with Crippen LogP contribution in [-0.4, -0.2) is 25.9 Å². The van der Waals surface area contributed by atoms with Crippen LogP contribution in [0, 0.1) is 0 Å². The molecule has 0 aliphatic carbocycles. The summed E-state index contributed by atoms with van der Waals surface area (Å²) in [6.45, 7) is 0.521. The quantitative estimate of drug-likeness (QED) is 0.668. The van der Waals surface area contributed by atoms with Gasteiger partial charge in [-0.25, -0.2) is 0 Å². The molecule has 6 nitrogen and oxygen atoms in total. The van der Waals surface area contributed by atoms with E-state index < -0.39 is 0 Å². The highest BCUT2D eigenvalue weighted by Crippen LogP contribution is 2.34. The molecule has 0 spiro atoms. The van der Waals surface area contributed by atoms with Gasteiger partial charge in [0.1, 0.15) is 6.04 Å². The number of hydrogen-bond donors (Lipinski definition) is 0. The second-order valence-electron chi connectivity index (χ2n) is 5.90. The highest BCUT2D eigenvalue weighted by Gasteiger charge is 2.36. The van der Waals surface area contributed by atoms with Crippen LogP contribution >= 0.6 is 15.9 Å². The van der Waals surface area contributed by atoms with E-state index in [-0.39, 0.29) is 11.9 Å². The fourth-order valence-corrected chi connectivity index (χ4v) is 3.45. The third-order valence-corrected chi connectivity index (χ3v) is 4.71. The number of rotatable bonds is 4. The fraction of sp³-hybridized carbons (Fsp3) is 0.222. The van der Waals surface area contributed by atoms with Crippen LogP contribution in [0.15, 0.2) is 57.8 Å². The van der Waals surface area contributed by atoms with Gasteiger partial charge in [0.2, 0.25) is 17.6 Å². The number of benzene rings is 1. The lowest BCUT2D eigenvalue weighted by molar-refractivity contribution is -0.129. The van der Waals surface area contributed by atoms with Gasteiger partial charge in [0.15, 0.2) is 0 Å². The van der Waals surface area contributed by atoms with Crippen LogP contribution in [0.25, 0.3) is 11.4 Å². The minimum atomic E-state index is -0.190. The highest BCUT2D eigenvalue weighted by atomic mass is 79.9. The molecular formula is C18H15BrN4O2. The molecule has 3 heterocycles. The predicted molar refractivity (Wildman–Crippen MR) is 94.2 cm³/mol. The zero-order chi connectivity index (χ0) is 17.2. The normalized spacial score (nSPS) is 17.2. The van der Waals surface area contributed by atoms with Gasteiger partial charge in [-0.15, -0.1) is 0 Å². The maximum Gasteiger partial charge on any atom is 0.249 e. The highest BCUT2D eigenvalue weighted by molar-refractivity contribution is 9.10. The van der Waals surface area contributed by atoms with Gasteiger partial charge in [0, 0.05) is 35.4 Å². The first-order valence-corrected chi connectivity index (χ1v) is 8.78. The van der Waals surface area contributed by atoms with Crippen LogP contribution < -0.4 is 0 Å². The lowest BCUT2D eigenvalue weighted by atomic mass is 10.2. The third kappa shape index (κ3) is 3.32. The zero-order valence-electron chi connectivity index (χ0n) is 13.3. The van der Waals surface area contributed by atoms with Crippen molar-refractivity contribution in [1.82, 2.24) is 20.0 Å². The van der Waals surface area contributed by atoms with Crippen LogP contribution in [0.5, 0.6) is 0 Å². The van der Waals surface area contributed by atoms with E-state index >= 15 is 0 Å². The standard InChI is InChI=1S/C18H15BrN4O2/c19-14-5-1-3-12(9-14)11-23-15(6-7-16(23)24)18-21-17(22-25-18)13-4-2-8-20-10-13/h1-5,8-10,15H,6-7,11H2. The van der Waals surface area contributed by atoms with E-state index in [0.29, 0.717) is 31.1 Å². The molecule has 1 unspecified atom stereocenters. The summed E-state index contributed by atoms with van der Waals surface area (Å²) in [5.74, 6) is 1.07. The van der Waals surface area contributed by atoms with Crippen molar-refractivity contribution in [3.8, 4) is 11.4 Å². The number of halogens is 1. The zero-order valence-corrected chi connectivity index (χ0v) is 14.9. The van der Waals surface area contributed by atoms with Crippen molar-refractivity contribution in [3.63, 3.8) is 0 Å². The van der Waals surface area contributed by atoms with Crippen molar-refractivity contribution in [2.45, 2.75) is 25.4 Å². The molecule has 3 aromatic rings. The summed E-state index contributed by atoms with van der Waals surface area (Å²) in [5, 5.41) is 4.04. The predicted octanol–water partition coefficient (Wildman–Crippen LogP) is 3.76. The summed E-state index contributed by atoms with van der Waals surface area (Å²) >= 11 is 3.47. The minimum absolute atomic E-state index is 0.103. The Kier molecular flexibility index (Phi) is 4.31. The molecule has 126 valence electrons. The van der Waals surface area contributed by atoms with Gasteiger partial charge in [0.05, 0.1) is 0 Å². The number of pyridine rings is 1. The van der Waals surface area contributed by atoms with Gasteiger partial charge < -0.3 is 9.42 Å². The Morgan fingerprint density at radius 2 is 2.20 bits per heavy atom. The summed E-state index contributed by atoms with van der Waals surface area (Å²) in [7, 11) is 0. The molecule has 7 heteroatoms. The van der Waals surface area contributed by atoms with Gasteiger partial charge in [-0.3, -0.25) is 9.78 Å². The Balaban J connectivity index is 1.59. The summed E-state index contributed by atoms with van der Waals surface area (Å²) in [6.07, 6.45) is 4.55. The lowest BCUT2D eigenvalue weighted by Gasteiger charge is -2.22. The number of carbonyl (C=O) groups is 1. The van der Waals surface area contributed by atoms with Gasteiger partial charge >= 0.3 is 0 Å². The SMILES string of the molecule is O=C1CCC(c2nc(-c3cccnc3)no2)N1Cc1cccc(Br)c1. The van der Waals surface area contributed by atoms with E-state index in [1.165, 1.54) is 0 Å². The number of hydrogen-bond acceptors (Lipinski definition) is 5. The average molecular weight is 399 g/mol. The lowest BCUT2D eigenvalue weighted by Crippen LogP contribution is -2.27. The average Bonchev–Trinajstić information content (AvgIpc) is 3.24. The Hall–Kier alpha value is -2.54. The molecule has 1 atom stereocenters. The maximum absolute atomic E-state index is 12.3. The molecule has 1 aliphatic heterocycles. The van der Waals surface area contributed by atoms with E-state index in [1.54, 1.807) is 12.4 Å². The molecular weight excluding hydrogens is 384 g/mol. The van der Waals surface area contributed by atoms with Crippen LogP contribution in [0.2, 0.25) is 0 Å². The number of likely N-dealkylation sites (tertiary alicyclic amines) is 1. The molecule has 1 aliphatic rings. The molecule has 4 rings (SSSR count). The minimum Gasteiger partial charge on any atom is -0.337 e. The Bertz CT molecular complexity index is 897. The van der Waals surface area contributed by atoms with Gasteiger partial charge in [-0.05, 0) is 36.2 Å². The third-order valence-electron chi connectivity index (χ3n) is 4.22. The molecule has 1 aromatic carbocycles. The molecule has 1 saturated heterocycles. The molecule has 2 aromatic heterocycles. The fourth-order valence-electron chi connectivity index (χ4n) is 3.00. The van der Waals surface area contributed by atoms with Crippen LogP contribution in [-0.2, 0) is 11.3 Å². The first-order chi connectivity index (χ1) is 12.2. The molecule has 1 fully saturated rings. The van der Waals surface area contributed by atoms with Crippen molar-refractivity contribution >= 4 is 21.8 Å². The number of amides is 1. The molecule has 25 heavy (non-hydrogen) atoms. The number of carbonyl (C=O) groups excluding carboxylic acids is 1. The summed E-state index contributed by atoms with van der Waals surface area (Å²) in [6, 6.07) is 11.4. The monoisotopic (exact) mass is 398 g/mol. The summed E-state index contributed by atoms with van der Waals surface area (Å²) in [4.78, 5) is 22.7. The van der Waals surface area contributed by atoms with Crippen molar-refractivity contribution in [2.24, 2.45) is 0 Å².